The largest absolute Gasteiger partial charge is 0.483 e. The molecule has 0 atom stereocenters. The highest BCUT2D eigenvalue weighted by molar-refractivity contribution is 5.47. The van der Waals surface area contributed by atoms with Crippen LogP contribution in [0.3, 0.4) is 0 Å². The van der Waals surface area contributed by atoms with Gasteiger partial charge in [-0.3, -0.25) is 4.79 Å². The van der Waals surface area contributed by atoms with Gasteiger partial charge in [0.2, 0.25) is 6.41 Å². The molecule has 1 aliphatic rings. The number of methoxy groups -OCH3 is 1. The lowest BCUT2D eigenvalue weighted by molar-refractivity contribution is -0.119. The first-order chi connectivity index (χ1) is 5.77. The van der Waals surface area contributed by atoms with Crippen LogP contribution in [0, 0.1) is 0 Å². The summed E-state index contributed by atoms with van der Waals surface area (Å²) in [5, 5.41) is 0. The number of rotatable bonds is 3. The van der Waals surface area contributed by atoms with Gasteiger partial charge in [0.05, 0.1) is 7.11 Å². The van der Waals surface area contributed by atoms with E-state index < -0.39 is 0 Å². The Morgan fingerprint density at radius 2 is 2.00 bits per heavy atom. The fourth-order valence-electron chi connectivity index (χ4n) is 1.21. The van der Waals surface area contributed by atoms with Crippen molar-refractivity contribution >= 4 is 6.41 Å². The third kappa shape index (κ3) is 1.90. The number of nitrogens with zero attached hydrogens (tertiary/aromatic N) is 2. The van der Waals surface area contributed by atoms with Crippen LogP contribution >= 0.6 is 0 Å². The Hall–Kier alpha value is -1.19. The van der Waals surface area contributed by atoms with Gasteiger partial charge in [-0.25, -0.2) is 0 Å². The van der Waals surface area contributed by atoms with Gasteiger partial charge >= 0.3 is 0 Å². The SMILES string of the molecule is C=C(OC)N1CCN(C=O)CC1. The molecule has 0 bridgehead atoms. The number of hydrogen-bond acceptors (Lipinski definition) is 3. The molecule has 0 aliphatic carbocycles. The molecule has 1 amide bonds. The summed E-state index contributed by atoms with van der Waals surface area (Å²) < 4.78 is 4.98. The standard InChI is InChI=1S/C8H14N2O2/c1-8(12-2)10-5-3-9(7-11)4-6-10/h7H,1,3-6H2,2H3. The minimum atomic E-state index is 0.681. The van der Waals surface area contributed by atoms with Gasteiger partial charge in [0, 0.05) is 26.2 Å². The average molecular weight is 170 g/mol. The summed E-state index contributed by atoms with van der Waals surface area (Å²) in [4.78, 5) is 14.1. The maximum Gasteiger partial charge on any atom is 0.209 e. The third-order valence-electron chi connectivity index (χ3n) is 2.05. The third-order valence-corrected chi connectivity index (χ3v) is 2.05. The molecule has 1 saturated heterocycles. The predicted molar refractivity (Wildman–Crippen MR) is 45.4 cm³/mol. The molecule has 0 unspecified atom stereocenters. The van der Waals surface area contributed by atoms with Crippen LogP contribution in [-0.4, -0.2) is 49.5 Å². The summed E-state index contributed by atoms with van der Waals surface area (Å²) in [6, 6.07) is 0. The van der Waals surface area contributed by atoms with Crippen LogP contribution in [-0.2, 0) is 9.53 Å². The van der Waals surface area contributed by atoms with Crippen molar-refractivity contribution in [1.29, 1.82) is 0 Å². The smallest absolute Gasteiger partial charge is 0.209 e. The molecular weight excluding hydrogens is 156 g/mol. The van der Waals surface area contributed by atoms with Gasteiger partial charge in [-0.1, -0.05) is 0 Å². The molecule has 0 spiro atoms. The summed E-state index contributed by atoms with van der Waals surface area (Å²) in [7, 11) is 1.61. The Balaban J connectivity index is 2.35. The minimum absolute atomic E-state index is 0.681. The van der Waals surface area contributed by atoms with Crippen molar-refractivity contribution in [2.24, 2.45) is 0 Å². The lowest BCUT2D eigenvalue weighted by Crippen LogP contribution is -2.45. The molecule has 0 radical (unpaired) electrons. The van der Waals surface area contributed by atoms with Gasteiger partial charge in [0.15, 0.2) is 5.88 Å². The van der Waals surface area contributed by atoms with Crippen LogP contribution in [0.2, 0.25) is 0 Å². The van der Waals surface area contributed by atoms with Crippen LogP contribution in [0.1, 0.15) is 0 Å². The molecule has 0 aromatic rings. The van der Waals surface area contributed by atoms with E-state index in [1.165, 1.54) is 0 Å². The van der Waals surface area contributed by atoms with E-state index in [0.717, 1.165) is 32.6 Å². The van der Waals surface area contributed by atoms with Crippen molar-refractivity contribution in [2.75, 3.05) is 33.3 Å². The van der Waals surface area contributed by atoms with E-state index in [9.17, 15) is 4.79 Å². The maximum atomic E-state index is 10.4. The fraction of sp³-hybridized carbons (Fsp3) is 0.625. The van der Waals surface area contributed by atoms with Crippen LogP contribution in [0.5, 0.6) is 0 Å². The van der Waals surface area contributed by atoms with Crippen molar-refractivity contribution in [3.63, 3.8) is 0 Å². The second-order valence-electron chi connectivity index (χ2n) is 2.73. The quantitative estimate of drug-likeness (QED) is 0.437. The Bertz CT molecular complexity index is 174. The van der Waals surface area contributed by atoms with Crippen LogP contribution < -0.4 is 0 Å². The lowest BCUT2D eigenvalue weighted by atomic mass is 10.3. The second kappa shape index (κ2) is 3.99. The van der Waals surface area contributed by atoms with E-state index >= 15 is 0 Å². The van der Waals surface area contributed by atoms with Crippen LogP contribution in [0.15, 0.2) is 12.5 Å². The Morgan fingerprint density at radius 1 is 1.42 bits per heavy atom. The van der Waals surface area contributed by atoms with Crippen molar-refractivity contribution < 1.29 is 9.53 Å². The van der Waals surface area contributed by atoms with Gasteiger partial charge in [0.1, 0.15) is 0 Å². The highest BCUT2D eigenvalue weighted by Crippen LogP contribution is 2.06. The normalized spacial score (nSPS) is 17.4. The summed E-state index contributed by atoms with van der Waals surface area (Å²) in [5.41, 5.74) is 0. The zero-order valence-corrected chi connectivity index (χ0v) is 7.32. The number of amides is 1. The van der Waals surface area contributed by atoms with Gasteiger partial charge in [-0.15, -0.1) is 0 Å². The zero-order valence-electron chi connectivity index (χ0n) is 7.32. The number of hydrogen-bond donors (Lipinski definition) is 0. The molecule has 0 aromatic heterocycles. The number of carbonyl (C=O) groups excluding carboxylic acids is 1. The number of carbonyl (C=O) groups is 1. The predicted octanol–water partition coefficient (Wildman–Crippen LogP) is -0.122. The molecule has 12 heavy (non-hydrogen) atoms. The summed E-state index contributed by atoms with van der Waals surface area (Å²) in [5.74, 6) is 0.681. The van der Waals surface area contributed by atoms with Crippen molar-refractivity contribution in [3.8, 4) is 0 Å². The van der Waals surface area contributed by atoms with Gasteiger partial charge in [-0.2, -0.15) is 0 Å². The second-order valence-corrected chi connectivity index (χ2v) is 2.73. The van der Waals surface area contributed by atoms with E-state index in [-0.39, 0.29) is 0 Å². The van der Waals surface area contributed by atoms with Gasteiger partial charge in [0.25, 0.3) is 0 Å². The minimum Gasteiger partial charge on any atom is -0.483 e. The maximum absolute atomic E-state index is 10.4. The highest BCUT2D eigenvalue weighted by Gasteiger charge is 2.16. The Labute approximate surface area is 72.4 Å². The summed E-state index contributed by atoms with van der Waals surface area (Å²) in [6.45, 7) is 6.88. The fourth-order valence-corrected chi connectivity index (χ4v) is 1.21. The summed E-state index contributed by atoms with van der Waals surface area (Å²) >= 11 is 0. The summed E-state index contributed by atoms with van der Waals surface area (Å²) in [6.07, 6.45) is 0.882. The van der Waals surface area contributed by atoms with E-state index in [1.54, 1.807) is 12.0 Å². The molecule has 1 heterocycles. The molecular formula is C8H14N2O2. The highest BCUT2D eigenvalue weighted by atomic mass is 16.5. The van der Waals surface area contributed by atoms with Crippen molar-refractivity contribution in [2.45, 2.75) is 0 Å². The van der Waals surface area contributed by atoms with E-state index in [0.29, 0.717) is 5.88 Å². The monoisotopic (exact) mass is 170 g/mol. The lowest BCUT2D eigenvalue weighted by Gasteiger charge is -2.33. The molecule has 1 rings (SSSR count). The van der Waals surface area contributed by atoms with Crippen molar-refractivity contribution in [3.05, 3.63) is 12.5 Å². The molecule has 68 valence electrons. The molecule has 0 saturated carbocycles. The average Bonchev–Trinajstić information content (AvgIpc) is 2.17. The van der Waals surface area contributed by atoms with Crippen molar-refractivity contribution in [1.82, 2.24) is 9.80 Å². The molecule has 4 heteroatoms. The molecule has 1 fully saturated rings. The van der Waals surface area contributed by atoms with Gasteiger partial charge < -0.3 is 14.5 Å². The topological polar surface area (TPSA) is 32.8 Å². The first-order valence-electron chi connectivity index (χ1n) is 3.95. The molecule has 1 aliphatic heterocycles. The number of piperazine rings is 1. The molecule has 0 aromatic carbocycles. The number of ether oxygens (including phenoxy) is 1. The Kier molecular flexibility index (Phi) is 2.96. The van der Waals surface area contributed by atoms with E-state index in [4.69, 9.17) is 4.74 Å². The van der Waals surface area contributed by atoms with E-state index in [2.05, 4.69) is 6.58 Å². The zero-order chi connectivity index (χ0) is 8.97. The van der Waals surface area contributed by atoms with Gasteiger partial charge in [-0.05, 0) is 6.58 Å². The van der Waals surface area contributed by atoms with E-state index in [1.807, 2.05) is 4.90 Å². The Morgan fingerprint density at radius 3 is 2.42 bits per heavy atom. The molecule has 4 nitrogen and oxygen atoms in total. The van der Waals surface area contributed by atoms with Crippen LogP contribution in [0.25, 0.3) is 0 Å². The first-order valence-corrected chi connectivity index (χ1v) is 3.95. The molecule has 0 N–H and O–H groups in total. The first kappa shape index (κ1) is 8.90. The van der Waals surface area contributed by atoms with Crippen LogP contribution in [0.4, 0.5) is 0 Å².